The average molecular weight is 373 g/mol. The van der Waals surface area contributed by atoms with Crippen LogP contribution in [0.2, 0.25) is 0 Å². The van der Waals surface area contributed by atoms with Gasteiger partial charge in [-0.1, -0.05) is 19.4 Å². The standard InChI is InChI=1S/C20H21F2N3O2/c1-2-11-9-20(27-10-17(23)26)7-6-12(11)13-8-16(24-25-19(13)20)18-14(21)4-3-5-15(18)22/h3-5,8,11-12H,2,6-7,9-10H2,1H3,(H2,23,26)/t11?,12-,20-/m0/s1. The number of halogens is 2. The lowest BCUT2D eigenvalue weighted by Crippen LogP contribution is -2.46. The quantitative estimate of drug-likeness (QED) is 0.871. The van der Waals surface area contributed by atoms with Crippen molar-refractivity contribution in [1.82, 2.24) is 10.2 Å². The molecule has 3 aliphatic rings. The Morgan fingerprint density at radius 1 is 1.33 bits per heavy atom. The summed E-state index contributed by atoms with van der Waals surface area (Å²) in [6, 6.07) is 5.47. The van der Waals surface area contributed by atoms with E-state index in [1.807, 2.05) is 0 Å². The van der Waals surface area contributed by atoms with Gasteiger partial charge in [0.25, 0.3) is 0 Å². The van der Waals surface area contributed by atoms with Gasteiger partial charge in [0.2, 0.25) is 5.91 Å². The number of benzene rings is 1. The first kappa shape index (κ1) is 18.0. The zero-order chi connectivity index (χ0) is 19.2. The molecular weight excluding hydrogens is 352 g/mol. The lowest BCUT2D eigenvalue weighted by atomic mass is 9.60. The summed E-state index contributed by atoms with van der Waals surface area (Å²) in [4.78, 5) is 11.3. The molecule has 5 rings (SSSR count). The number of amides is 1. The van der Waals surface area contributed by atoms with Gasteiger partial charge in [-0.05, 0) is 54.9 Å². The fraction of sp³-hybridized carbons (Fsp3) is 0.450. The highest BCUT2D eigenvalue weighted by Crippen LogP contribution is 2.56. The molecular formula is C20H21F2N3O2. The van der Waals surface area contributed by atoms with E-state index in [2.05, 4.69) is 17.1 Å². The van der Waals surface area contributed by atoms with Gasteiger partial charge in [-0.15, -0.1) is 5.10 Å². The zero-order valence-corrected chi connectivity index (χ0v) is 15.0. The molecule has 1 unspecified atom stereocenters. The Morgan fingerprint density at radius 2 is 2.07 bits per heavy atom. The van der Waals surface area contributed by atoms with E-state index in [1.54, 1.807) is 6.07 Å². The third-order valence-electron chi connectivity index (χ3n) is 5.91. The molecule has 2 aromatic rings. The van der Waals surface area contributed by atoms with Crippen molar-refractivity contribution in [2.45, 2.75) is 44.1 Å². The number of fused-ring (bicyclic) bond motifs is 2. The van der Waals surface area contributed by atoms with Crippen molar-refractivity contribution >= 4 is 5.91 Å². The van der Waals surface area contributed by atoms with Crippen LogP contribution in [0.1, 0.15) is 49.8 Å². The maximum atomic E-state index is 14.2. The molecule has 2 bridgehead atoms. The number of aromatic nitrogens is 2. The SMILES string of the molecule is CCC1C[C@@]2(OCC(N)=O)CC[C@@H]1c1cc(-c3c(F)cccc3F)nnc12. The van der Waals surface area contributed by atoms with Crippen molar-refractivity contribution in [2.75, 3.05) is 6.61 Å². The van der Waals surface area contributed by atoms with Crippen LogP contribution in [-0.4, -0.2) is 22.7 Å². The molecule has 7 heteroatoms. The molecule has 2 N–H and O–H groups in total. The average Bonchev–Trinajstić information content (AvgIpc) is 2.66. The summed E-state index contributed by atoms with van der Waals surface area (Å²) < 4.78 is 34.3. The van der Waals surface area contributed by atoms with Crippen LogP contribution in [0.25, 0.3) is 11.3 Å². The second kappa shape index (κ2) is 6.64. The summed E-state index contributed by atoms with van der Waals surface area (Å²) in [5, 5.41) is 8.42. The van der Waals surface area contributed by atoms with E-state index < -0.39 is 23.1 Å². The number of carbonyl (C=O) groups excluding carboxylic acids is 1. The van der Waals surface area contributed by atoms with Gasteiger partial charge in [0, 0.05) is 0 Å². The highest BCUT2D eigenvalue weighted by Gasteiger charge is 2.51. The van der Waals surface area contributed by atoms with Gasteiger partial charge in [0.05, 0.1) is 17.0 Å². The Balaban J connectivity index is 1.82. The predicted octanol–water partition coefficient (Wildman–Crippen LogP) is 3.43. The van der Waals surface area contributed by atoms with E-state index in [0.717, 1.165) is 31.2 Å². The van der Waals surface area contributed by atoms with E-state index >= 15 is 0 Å². The van der Waals surface area contributed by atoms with Gasteiger partial charge in [0.1, 0.15) is 23.8 Å². The number of primary amides is 1. The Hall–Kier alpha value is -2.41. The molecule has 142 valence electrons. The van der Waals surface area contributed by atoms with Gasteiger partial charge in [0.15, 0.2) is 0 Å². The number of hydrogen-bond donors (Lipinski definition) is 1. The predicted molar refractivity (Wildman–Crippen MR) is 94.6 cm³/mol. The van der Waals surface area contributed by atoms with E-state index in [0.29, 0.717) is 11.6 Å². The maximum Gasteiger partial charge on any atom is 0.243 e. The third kappa shape index (κ3) is 2.90. The van der Waals surface area contributed by atoms with Crippen molar-refractivity contribution in [3.05, 3.63) is 47.2 Å². The minimum atomic E-state index is -0.709. The number of rotatable bonds is 5. The second-order valence-electron chi connectivity index (χ2n) is 7.40. The molecule has 3 atom stereocenters. The Labute approximate surface area is 155 Å². The van der Waals surface area contributed by atoms with E-state index in [9.17, 15) is 13.6 Å². The summed E-state index contributed by atoms with van der Waals surface area (Å²) in [5.74, 6) is -1.28. The summed E-state index contributed by atoms with van der Waals surface area (Å²) in [7, 11) is 0. The molecule has 3 aliphatic carbocycles. The lowest BCUT2D eigenvalue weighted by molar-refractivity contribution is -0.141. The third-order valence-corrected chi connectivity index (χ3v) is 5.91. The minimum absolute atomic E-state index is 0.172. The Morgan fingerprint density at radius 3 is 2.74 bits per heavy atom. The minimum Gasteiger partial charge on any atom is -0.368 e. The smallest absolute Gasteiger partial charge is 0.243 e. The number of hydrogen-bond acceptors (Lipinski definition) is 4. The van der Waals surface area contributed by atoms with Crippen molar-refractivity contribution in [1.29, 1.82) is 0 Å². The van der Waals surface area contributed by atoms with Crippen LogP contribution in [-0.2, 0) is 15.1 Å². The molecule has 1 heterocycles. The Kier molecular flexibility index (Phi) is 4.42. The first-order valence-electron chi connectivity index (χ1n) is 9.20. The van der Waals surface area contributed by atoms with Crippen molar-refractivity contribution in [3.63, 3.8) is 0 Å². The van der Waals surface area contributed by atoms with Crippen LogP contribution in [0.3, 0.4) is 0 Å². The van der Waals surface area contributed by atoms with E-state index in [1.165, 1.54) is 18.2 Å². The number of carbonyl (C=O) groups is 1. The first-order valence-corrected chi connectivity index (χ1v) is 9.20. The van der Waals surface area contributed by atoms with Crippen molar-refractivity contribution in [2.24, 2.45) is 11.7 Å². The lowest BCUT2D eigenvalue weighted by Gasteiger charge is -2.50. The van der Waals surface area contributed by atoms with Gasteiger partial charge in [-0.25, -0.2) is 8.78 Å². The summed E-state index contributed by atoms with van der Waals surface area (Å²) in [5.41, 5.74) is 6.15. The van der Waals surface area contributed by atoms with Crippen molar-refractivity contribution < 1.29 is 18.3 Å². The number of nitrogens with zero attached hydrogens (tertiary/aromatic N) is 2. The van der Waals surface area contributed by atoms with Crippen LogP contribution in [0.15, 0.2) is 24.3 Å². The molecule has 5 nitrogen and oxygen atoms in total. The van der Waals surface area contributed by atoms with Gasteiger partial charge >= 0.3 is 0 Å². The second-order valence-corrected chi connectivity index (χ2v) is 7.40. The van der Waals surface area contributed by atoms with Crippen LogP contribution >= 0.6 is 0 Å². The normalized spacial score (nSPS) is 26.0. The first-order chi connectivity index (χ1) is 12.9. The molecule has 1 fully saturated rings. The molecule has 27 heavy (non-hydrogen) atoms. The van der Waals surface area contributed by atoms with Gasteiger partial charge < -0.3 is 10.5 Å². The number of nitrogens with two attached hydrogens (primary N) is 1. The largest absolute Gasteiger partial charge is 0.368 e. The molecule has 0 aliphatic heterocycles. The van der Waals surface area contributed by atoms with E-state index in [4.69, 9.17) is 10.5 Å². The highest BCUT2D eigenvalue weighted by atomic mass is 19.1. The van der Waals surface area contributed by atoms with Crippen LogP contribution < -0.4 is 5.73 Å². The molecule has 0 saturated heterocycles. The fourth-order valence-electron chi connectivity index (χ4n) is 4.66. The van der Waals surface area contributed by atoms with Gasteiger partial charge in [-0.3, -0.25) is 4.79 Å². The molecule has 1 amide bonds. The van der Waals surface area contributed by atoms with E-state index in [-0.39, 0.29) is 23.8 Å². The summed E-state index contributed by atoms with van der Waals surface area (Å²) in [6.07, 6.45) is 3.29. The highest BCUT2D eigenvalue weighted by molar-refractivity contribution is 5.75. The summed E-state index contributed by atoms with van der Waals surface area (Å²) in [6.45, 7) is 1.92. The molecule has 1 aromatic heterocycles. The molecule has 1 aromatic carbocycles. The molecule has 0 radical (unpaired) electrons. The fourth-order valence-corrected chi connectivity index (χ4v) is 4.66. The summed E-state index contributed by atoms with van der Waals surface area (Å²) >= 11 is 0. The maximum absolute atomic E-state index is 14.2. The topological polar surface area (TPSA) is 78.1 Å². The van der Waals surface area contributed by atoms with Crippen LogP contribution in [0.4, 0.5) is 8.78 Å². The Bertz CT molecular complexity index is 885. The van der Waals surface area contributed by atoms with Gasteiger partial charge in [-0.2, -0.15) is 5.10 Å². The van der Waals surface area contributed by atoms with Crippen LogP contribution in [0, 0.1) is 17.6 Å². The van der Waals surface area contributed by atoms with Crippen molar-refractivity contribution in [3.8, 4) is 11.3 Å². The van der Waals surface area contributed by atoms with Crippen LogP contribution in [0.5, 0.6) is 0 Å². The molecule has 1 saturated carbocycles. The zero-order valence-electron chi connectivity index (χ0n) is 15.0. The number of ether oxygens (including phenoxy) is 1. The molecule has 0 spiro atoms. The monoisotopic (exact) mass is 373 g/mol.